The van der Waals surface area contributed by atoms with Crippen LogP contribution in [0, 0.1) is 17.6 Å². The predicted octanol–water partition coefficient (Wildman–Crippen LogP) is 4.07. The van der Waals surface area contributed by atoms with Gasteiger partial charge in [0.15, 0.2) is 11.6 Å². The van der Waals surface area contributed by atoms with Gasteiger partial charge in [-0.1, -0.05) is 25.8 Å². The fourth-order valence-electron chi connectivity index (χ4n) is 4.01. The van der Waals surface area contributed by atoms with Crippen molar-refractivity contribution in [3.8, 4) is 0 Å². The van der Waals surface area contributed by atoms with E-state index in [2.05, 4.69) is 11.8 Å². The number of hydrogen-bond acceptors (Lipinski definition) is 2. The monoisotopic (exact) mass is 379 g/mol. The number of piperidine rings is 1. The molecular weight excluding hydrogens is 347 g/mol. The Morgan fingerprint density at radius 3 is 2.48 bits per heavy atom. The van der Waals surface area contributed by atoms with Crippen LogP contribution in [0.4, 0.5) is 8.78 Å². The zero-order valence-electron chi connectivity index (χ0n) is 16.6. The van der Waals surface area contributed by atoms with Gasteiger partial charge in [-0.2, -0.15) is 0 Å². The Bertz CT molecular complexity index is 620. The van der Waals surface area contributed by atoms with Crippen LogP contribution in [0.2, 0.25) is 5.31 Å². The number of benzene rings is 1. The van der Waals surface area contributed by atoms with E-state index in [1.807, 2.05) is 7.85 Å². The molecule has 1 aliphatic heterocycles. The van der Waals surface area contributed by atoms with E-state index in [0.717, 1.165) is 76.6 Å². The van der Waals surface area contributed by atoms with Crippen molar-refractivity contribution in [2.24, 2.45) is 5.92 Å². The van der Waals surface area contributed by atoms with Crippen LogP contribution in [0.25, 0.3) is 0 Å². The maximum Gasteiger partial charge on any atom is 0.301 e. The van der Waals surface area contributed by atoms with Crippen LogP contribution in [0.15, 0.2) is 18.2 Å². The molecule has 0 radical (unpaired) electrons. The molecule has 1 aromatic carbocycles. The van der Waals surface area contributed by atoms with Crippen molar-refractivity contribution in [3.63, 3.8) is 0 Å². The van der Waals surface area contributed by atoms with Crippen molar-refractivity contribution < 1.29 is 18.7 Å². The number of nitrogens with zero attached hydrogens (tertiary/aromatic N) is 1. The molecule has 1 saturated heterocycles. The summed E-state index contributed by atoms with van der Waals surface area (Å²) in [6.45, 7) is 5.01. The lowest BCUT2D eigenvalue weighted by atomic mass is 9.63. The van der Waals surface area contributed by atoms with Crippen LogP contribution in [0.5, 0.6) is 0 Å². The maximum absolute atomic E-state index is 13.3. The molecule has 1 fully saturated rings. The molecule has 0 aliphatic carbocycles. The summed E-state index contributed by atoms with van der Waals surface area (Å²) in [6, 6.07) is 4.19. The summed E-state index contributed by atoms with van der Waals surface area (Å²) in [4.78, 5) is 14.0. The number of aliphatic carboxylic acids is 1. The largest absolute Gasteiger partial charge is 0.481 e. The molecule has 1 N–H and O–H groups in total. The Balaban J connectivity index is 1.72. The summed E-state index contributed by atoms with van der Waals surface area (Å²) in [5, 5.41) is 8.93. The number of carboxylic acid groups (broad SMARTS) is 1. The molecule has 1 atom stereocenters. The number of halogens is 2. The Morgan fingerprint density at radius 2 is 1.89 bits per heavy atom. The third kappa shape index (κ3) is 6.60. The number of rotatable bonds is 10. The number of carboxylic acids is 1. The molecule has 3 nitrogen and oxygen atoms in total. The van der Waals surface area contributed by atoms with Gasteiger partial charge in [-0.05, 0) is 81.8 Å². The van der Waals surface area contributed by atoms with Gasteiger partial charge in [0, 0.05) is 5.31 Å². The predicted molar refractivity (Wildman–Crippen MR) is 107 cm³/mol. The third-order valence-electron chi connectivity index (χ3n) is 6.02. The lowest BCUT2D eigenvalue weighted by Crippen LogP contribution is -2.35. The van der Waals surface area contributed by atoms with Crippen LogP contribution >= 0.6 is 0 Å². The summed E-state index contributed by atoms with van der Waals surface area (Å²) < 4.78 is 26.4. The first kappa shape index (κ1) is 21.9. The van der Waals surface area contributed by atoms with E-state index in [0.29, 0.717) is 5.92 Å². The van der Waals surface area contributed by atoms with Crippen molar-refractivity contribution >= 4 is 13.8 Å². The molecule has 150 valence electrons. The molecule has 0 aromatic heterocycles. The molecule has 6 heteroatoms. The smallest absolute Gasteiger partial charge is 0.301 e. The van der Waals surface area contributed by atoms with Gasteiger partial charge in [-0.15, -0.1) is 0 Å². The van der Waals surface area contributed by atoms with Gasteiger partial charge in [0.1, 0.15) is 7.85 Å². The SMILES string of the molecule is BC(CCCC)(CCCN1CCC(Cc2ccc(F)c(F)c2)CC1)C(=O)O. The summed E-state index contributed by atoms with van der Waals surface area (Å²) in [5.74, 6) is -1.74. The summed E-state index contributed by atoms with van der Waals surface area (Å²) in [5.41, 5.74) is 0.862. The summed E-state index contributed by atoms with van der Waals surface area (Å²) >= 11 is 0. The minimum absolute atomic E-state index is 0.500. The number of likely N-dealkylation sites (tertiary alicyclic amines) is 1. The number of hydrogen-bond donors (Lipinski definition) is 1. The lowest BCUT2D eigenvalue weighted by Gasteiger charge is -2.33. The van der Waals surface area contributed by atoms with Gasteiger partial charge in [0.25, 0.3) is 0 Å². The van der Waals surface area contributed by atoms with E-state index in [-0.39, 0.29) is 0 Å². The Morgan fingerprint density at radius 1 is 1.22 bits per heavy atom. The van der Waals surface area contributed by atoms with E-state index < -0.39 is 22.9 Å². The van der Waals surface area contributed by atoms with Gasteiger partial charge in [-0.3, -0.25) is 4.79 Å². The van der Waals surface area contributed by atoms with Crippen molar-refractivity contribution in [1.29, 1.82) is 0 Å². The molecule has 1 aliphatic rings. The van der Waals surface area contributed by atoms with Gasteiger partial charge >= 0.3 is 5.97 Å². The minimum Gasteiger partial charge on any atom is -0.481 e. The van der Waals surface area contributed by atoms with Crippen molar-refractivity contribution in [3.05, 3.63) is 35.4 Å². The highest BCUT2D eigenvalue weighted by Gasteiger charge is 2.32. The Kier molecular flexibility index (Phi) is 8.27. The molecule has 0 amide bonds. The summed E-state index contributed by atoms with van der Waals surface area (Å²) in [7, 11) is 1.87. The number of unbranched alkanes of at least 4 members (excludes halogenated alkanes) is 1. The molecule has 1 aromatic rings. The molecule has 0 spiro atoms. The zero-order valence-corrected chi connectivity index (χ0v) is 16.6. The first-order valence-corrected chi connectivity index (χ1v) is 10.2. The highest BCUT2D eigenvalue weighted by atomic mass is 19.2. The first-order valence-electron chi connectivity index (χ1n) is 10.2. The van der Waals surface area contributed by atoms with E-state index in [1.54, 1.807) is 6.07 Å². The van der Waals surface area contributed by atoms with E-state index >= 15 is 0 Å². The van der Waals surface area contributed by atoms with Crippen molar-refractivity contribution in [1.82, 2.24) is 4.90 Å². The van der Waals surface area contributed by atoms with Gasteiger partial charge in [0.05, 0.1) is 0 Å². The van der Waals surface area contributed by atoms with Crippen LogP contribution in [0.3, 0.4) is 0 Å². The molecule has 0 bridgehead atoms. The first-order chi connectivity index (χ1) is 12.8. The second-order valence-corrected chi connectivity index (χ2v) is 8.31. The second-order valence-electron chi connectivity index (χ2n) is 8.31. The molecule has 1 unspecified atom stereocenters. The standard InChI is InChI=1S/C21H32BF2NO2/c1-2-3-9-21(22,20(26)27)10-4-11-25-12-7-16(8-13-25)14-17-5-6-18(23)19(24)15-17/h5-6,15-16H,2-4,7-14,22H2,1H3,(H,26,27). The molecule has 2 rings (SSSR count). The quantitative estimate of drug-likeness (QED) is 0.623. The normalized spacial score (nSPS) is 18.3. The van der Waals surface area contributed by atoms with E-state index in [4.69, 9.17) is 0 Å². The second kappa shape index (κ2) is 10.2. The highest BCUT2D eigenvalue weighted by molar-refractivity contribution is 6.26. The Labute approximate surface area is 162 Å². The highest BCUT2D eigenvalue weighted by Crippen LogP contribution is 2.35. The lowest BCUT2D eigenvalue weighted by molar-refractivity contribution is -0.141. The zero-order chi connectivity index (χ0) is 19.9. The van der Waals surface area contributed by atoms with Crippen molar-refractivity contribution in [2.75, 3.05) is 19.6 Å². The van der Waals surface area contributed by atoms with Crippen LogP contribution in [-0.4, -0.2) is 43.5 Å². The topological polar surface area (TPSA) is 40.5 Å². The molecule has 0 saturated carbocycles. The maximum atomic E-state index is 13.3. The molecular formula is C21H32BF2NO2. The fourth-order valence-corrected chi connectivity index (χ4v) is 4.01. The minimum atomic E-state index is -0.791. The fraction of sp³-hybridized carbons (Fsp3) is 0.667. The average molecular weight is 379 g/mol. The number of carbonyl (C=O) groups is 1. The van der Waals surface area contributed by atoms with Gasteiger partial charge in [-0.25, -0.2) is 8.78 Å². The van der Waals surface area contributed by atoms with Gasteiger partial charge in [0.2, 0.25) is 0 Å². The van der Waals surface area contributed by atoms with Gasteiger partial charge < -0.3 is 10.0 Å². The van der Waals surface area contributed by atoms with Crippen LogP contribution < -0.4 is 0 Å². The third-order valence-corrected chi connectivity index (χ3v) is 6.02. The molecule has 1 heterocycles. The average Bonchev–Trinajstić information content (AvgIpc) is 2.64. The van der Waals surface area contributed by atoms with Crippen molar-refractivity contribution in [2.45, 2.75) is 63.6 Å². The van der Waals surface area contributed by atoms with E-state index in [9.17, 15) is 18.7 Å². The van der Waals surface area contributed by atoms with Crippen LogP contribution in [-0.2, 0) is 11.2 Å². The Hall–Kier alpha value is -1.43. The van der Waals surface area contributed by atoms with E-state index in [1.165, 1.54) is 12.1 Å². The van der Waals surface area contributed by atoms with Crippen LogP contribution in [0.1, 0.15) is 57.4 Å². The molecule has 27 heavy (non-hydrogen) atoms. The summed E-state index contributed by atoms with van der Waals surface area (Å²) in [6.07, 6.45) is 7.23.